The minimum absolute atomic E-state index is 0.251. The second-order valence-corrected chi connectivity index (χ2v) is 10.4. The normalized spacial score (nSPS) is 13.4. The summed E-state index contributed by atoms with van der Waals surface area (Å²) >= 11 is 0. The van der Waals surface area contributed by atoms with Gasteiger partial charge in [0, 0.05) is 0 Å². The van der Waals surface area contributed by atoms with E-state index in [1.54, 1.807) is 38.3 Å². The molecule has 2 aromatic carbocycles. The molecule has 0 aromatic heterocycles. The maximum atomic E-state index is 13.1. The highest BCUT2D eigenvalue weighted by molar-refractivity contribution is 7.92. The number of nitrogens with zero attached hydrogens (tertiary/aromatic N) is 1. The zero-order valence-electron chi connectivity index (χ0n) is 20.8. The van der Waals surface area contributed by atoms with Gasteiger partial charge < -0.3 is 14.8 Å². The molecule has 1 N–H and O–H groups in total. The minimum Gasteiger partial charge on any atom is -0.496 e. The summed E-state index contributed by atoms with van der Waals surface area (Å²) in [5.41, 5.74) is 3.41. The summed E-state index contributed by atoms with van der Waals surface area (Å²) in [6.45, 7) is 12.0. The van der Waals surface area contributed by atoms with Crippen molar-refractivity contribution in [1.29, 1.82) is 0 Å². The van der Waals surface area contributed by atoms with Crippen LogP contribution in [0.25, 0.3) is 0 Å². The number of anilines is 1. The molecule has 0 spiro atoms. The number of benzene rings is 2. The molecule has 0 bridgehead atoms. The SMILES string of the molecule is CCOc1ccc(N(C(C)C(=O)NC(C)c2cc(C(C)C)c(OC)cc2C)S(C)(=O)=O)cc1. The van der Waals surface area contributed by atoms with E-state index >= 15 is 0 Å². The summed E-state index contributed by atoms with van der Waals surface area (Å²) in [5.74, 6) is 1.32. The molecule has 0 saturated heterocycles. The number of rotatable bonds is 10. The summed E-state index contributed by atoms with van der Waals surface area (Å²) in [7, 11) is -2.06. The molecule has 2 atom stereocenters. The molecule has 0 heterocycles. The molecule has 2 aromatic rings. The van der Waals surface area contributed by atoms with Crippen molar-refractivity contribution in [1.82, 2.24) is 5.32 Å². The van der Waals surface area contributed by atoms with Crippen molar-refractivity contribution in [2.24, 2.45) is 0 Å². The van der Waals surface area contributed by atoms with Crippen molar-refractivity contribution >= 4 is 21.6 Å². The van der Waals surface area contributed by atoms with Gasteiger partial charge in [0.1, 0.15) is 17.5 Å². The number of amides is 1. The Morgan fingerprint density at radius 1 is 1.06 bits per heavy atom. The van der Waals surface area contributed by atoms with Crippen LogP contribution in [-0.4, -0.2) is 40.3 Å². The van der Waals surface area contributed by atoms with Gasteiger partial charge in [-0.1, -0.05) is 13.8 Å². The van der Waals surface area contributed by atoms with Gasteiger partial charge in [-0.2, -0.15) is 0 Å². The Morgan fingerprint density at radius 2 is 1.67 bits per heavy atom. The molecular weight excluding hydrogens is 440 g/mol. The first-order valence-electron chi connectivity index (χ1n) is 11.1. The van der Waals surface area contributed by atoms with Crippen molar-refractivity contribution in [3.05, 3.63) is 53.1 Å². The van der Waals surface area contributed by atoms with E-state index in [-0.39, 0.29) is 17.9 Å². The van der Waals surface area contributed by atoms with Crippen LogP contribution in [0.15, 0.2) is 36.4 Å². The highest BCUT2D eigenvalue weighted by Crippen LogP contribution is 2.32. The van der Waals surface area contributed by atoms with E-state index in [0.29, 0.717) is 18.0 Å². The number of nitrogens with one attached hydrogen (secondary N) is 1. The van der Waals surface area contributed by atoms with E-state index in [1.807, 2.05) is 26.8 Å². The average molecular weight is 477 g/mol. The molecule has 33 heavy (non-hydrogen) atoms. The van der Waals surface area contributed by atoms with E-state index in [2.05, 4.69) is 25.2 Å². The number of carbonyl (C=O) groups is 1. The van der Waals surface area contributed by atoms with Crippen LogP contribution in [0.1, 0.15) is 63.3 Å². The van der Waals surface area contributed by atoms with Crippen LogP contribution in [-0.2, 0) is 14.8 Å². The number of methoxy groups -OCH3 is 1. The third-order valence-corrected chi connectivity index (χ3v) is 6.80. The second-order valence-electron chi connectivity index (χ2n) is 8.50. The van der Waals surface area contributed by atoms with Crippen LogP contribution >= 0.6 is 0 Å². The fourth-order valence-corrected chi connectivity index (χ4v) is 5.06. The Hall–Kier alpha value is -2.74. The first-order valence-corrected chi connectivity index (χ1v) is 13.0. The van der Waals surface area contributed by atoms with Crippen LogP contribution in [0.3, 0.4) is 0 Å². The van der Waals surface area contributed by atoms with Crippen LogP contribution in [0.4, 0.5) is 5.69 Å². The van der Waals surface area contributed by atoms with Gasteiger partial charge in [-0.15, -0.1) is 0 Å². The Labute approximate surface area is 198 Å². The summed E-state index contributed by atoms with van der Waals surface area (Å²) in [6, 6.07) is 9.43. The largest absolute Gasteiger partial charge is 0.496 e. The summed E-state index contributed by atoms with van der Waals surface area (Å²) in [4.78, 5) is 13.1. The summed E-state index contributed by atoms with van der Waals surface area (Å²) < 4.78 is 37.3. The molecule has 8 heteroatoms. The van der Waals surface area contributed by atoms with Gasteiger partial charge in [-0.3, -0.25) is 9.10 Å². The lowest BCUT2D eigenvalue weighted by molar-refractivity contribution is -0.122. The molecular formula is C25H36N2O5S. The zero-order chi connectivity index (χ0) is 24.9. The van der Waals surface area contributed by atoms with Crippen molar-refractivity contribution in [3.63, 3.8) is 0 Å². The molecule has 1 amide bonds. The van der Waals surface area contributed by atoms with Crippen LogP contribution in [0.2, 0.25) is 0 Å². The van der Waals surface area contributed by atoms with Crippen molar-refractivity contribution in [3.8, 4) is 11.5 Å². The van der Waals surface area contributed by atoms with Crippen LogP contribution in [0, 0.1) is 6.92 Å². The van der Waals surface area contributed by atoms with E-state index in [1.165, 1.54) is 0 Å². The lowest BCUT2D eigenvalue weighted by atomic mass is 9.93. The van der Waals surface area contributed by atoms with Crippen molar-refractivity contribution < 1.29 is 22.7 Å². The highest BCUT2D eigenvalue weighted by Gasteiger charge is 2.30. The minimum atomic E-state index is -3.71. The number of aryl methyl sites for hydroxylation is 1. The molecule has 7 nitrogen and oxygen atoms in total. The van der Waals surface area contributed by atoms with Gasteiger partial charge in [-0.25, -0.2) is 8.42 Å². The Balaban J connectivity index is 2.31. The molecule has 2 unspecified atom stereocenters. The predicted molar refractivity (Wildman–Crippen MR) is 133 cm³/mol. The number of hydrogen-bond acceptors (Lipinski definition) is 5. The molecule has 0 radical (unpaired) electrons. The van der Waals surface area contributed by atoms with E-state index in [0.717, 1.165) is 33.0 Å². The van der Waals surface area contributed by atoms with Crippen LogP contribution < -0.4 is 19.1 Å². The van der Waals surface area contributed by atoms with Gasteiger partial charge >= 0.3 is 0 Å². The molecule has 0 aliphatic carbocycles. The molecule has 0 saturated carbocycles. The van der Waals surface area contributed by atoms with Gasteiger partial charge in [-0.05, 0) is 86.7 Å². The van der Waals surface area contributed by atoms with E-state index < -0.39 is 16.1 Å². The first-order chi connectivity index (χ1) is 15.4. The number of carbonyl (C=O) groups excluding carboxylic acids is 1. The molecule has 0 aliphatic rings. The third-order valence-electron chi connectivity index (χ3n) is 5.56. The maximum Gasteiger partial charge on any atom is 0.244 e. The quantitative estimate of drug-likeness (QED) is 0.543. The van der Waals surface area contributed by atoms with Gasteiger partial charge in [0.25, 0.3) is 0 Å². The first kappa shape index (κ1) is 26.5. The molecule has 2 rings (SSSR count). The van der Waals surface area contributed by atoms with Gasteiger partial charge in [0.05, 0.1) is 31.7 Å². The highest BCUT2D eigenvalue weighted by atomic mass is 32.2. The topological polar surface area (TPSA) is 84.9 Å². The number of hydrogen-bond donors (Lipinski definition) is 1. The van der Waals surface area contributed by atoms with Gasteiger partial charge in [0.2, 0.25) is 15.9 Å². The molecule has 0 aliphatic heterocycles. The monoisotopic (exact) mass is 476 g/mol. The molecule has 0 fully saturated rings. The van der Waals surface area contributed by atoms with E-state index in [9.17, 15) is 13.2 Å². The fourth-order valence-electron chi connectivity index (χ4n) is 3.89. The Morgan fingerprint density at radius 3 is 2.15 bits per heavy atom. The Bertz CT molecular complexity index is 1060. The van der Waals surface area contributed by atoms with Crippen LogP contribution in [0.5, 0.6) is 11.5 Å². The zero-order valence-corrected chi connectivity index (χ0v) is 21.6. The molecule has 182 valence electrons. The average Bonchev–Trinajstić information content (AvgIpc) is 2.73. The third kappa shape index (κ3) is 6.41. The summed E-state index contributed by atoms with van der Waals surface area (Å²) in [6.07, 6.45) is 1.10. The fraction of sp³-hybridized carbons (Fsp3) is 0.480. The van der Waals surface area contributed by atoms with Crippen molar-refractivity contribution in [2.45, 2.75) is 59.5 Å². The van der Waals surface area contributed by atoms with E-state index in [4.69, 9.17) is 9.47 Å². The van der Waals surface area contributed by atoms with Gasteiger partial charge in [0.15, 0.2) is 0 Å². The lowest BCUT2D eigenvalue weighted by Gasteiger charge is -2.30. The number of ether oxygens (including phenoxy) is 2. The smallest absolute Gasteiger partial charge is 0.244 e. The second kappa shape index (κ2) is 10.9. The predicted octanol–water partition coefficient (Wildman–Crippen LogP) is 4.56. The lowest BCUT2D eigenvalue weighted by Crippen LogP contribution is -2.48. The standard InChI is InChI=1S/C25H36N2O5S/c1-9-32-21-12-10-20(11-13-21)27(33(8,29)30)19(6)25(28)26-18(5)23-15-22(16(2)3)24(31-7)14-17(23)4/h10-16,18-19H,9H2,1-8H3,(H,26,28). The summed E-state index contributed by atoms with van der Waals surface area (Å²) in [5, 5.41) is 2.98. The number of sulfonamides is 1. The van der Waals surface area contributed by atoms with Crippen molar-refractivity contribution in [2.75, 3.05) is 24.3 Å². The Kier molecular flexibility index (Phi) is 8.77. The maximum absolute atomic E-state index is 13.1.